The lowest BCUT2D eigenvalue weighted by Crippen LogP contribution is -3.11. The zero-order chi connectivity index (χ0) is 20.8. The van der Waals surface area contributed by atoms with Gasteiger partial charge in [0.1, 0.15) is 0 Å². The van der Waals surface area contributed by atoms with Crippen LogP contribution in [-0.4, -0.2) is 44.2 Å². The third kappa shape index (κ3) is 4.57. The average molecular weight is 413 g/mol. The van der Waals surface area contributed by atoms with Gasteiger partial charge in [0.15, 0.2) is 0 Å². The van der Waals surface area contributed by atoms with Gasteiger partial charge in [0.25, 0.3) is 5.91 Å². The lowest BCUT2D eigenvalue weighted by molar-refractivity contribution is -0.896. The van der Waals surface area contributed by atoms with Gasteiger partial charge in [-0.15, -0.1) is 0 Å². The van der Waals surface area contributed by atoms with Gasteiger partial charge < -0.3 is 4.90 Å². The Hall–Kier alpha value is -2.50. The Kier molecular flexibility index (Phi) is 7.18. The Bertz CT molecular complexity index is 909. The van der Waals surface area contributed by atoms with Crippen LogP contribution >= 0.6 is 11.6 Å². The molecule has 6 heteroatoms. The first-order valence-electron chi connectivity index (χ1n) is 10.1. The van der Waals surface area contributed by atoms with Crippen LogP contribution in [0.1, 0.15) is 42.1 Å². The van der Waals surface area contributed by atoms with E-state index in [-0.39, 0.29) is 11.8 Å². The fourth-order valence-electron chi connectivity index (χ4n) is 3.66. The van der Waals surface area contributed by atoms with E-state index in [1.54, 1.807) is 42.6 Å². The monoisotopic (exact) mass is 412 g/mol. The summed E-state index contributed by atoms with van der Waals surface area (Å²) in [7, 11) is 0. The number of anilines is 1. The summed E-state index contributed by atoms with van der Waals surface area (Å²) in [6, 6.07) is 14.1. The van der Waals surface area contributed by atoms with Crippen LogP contribution in [0.3, 0.4) is 0 Å². The lowest BCUT2D eigenvalue weighted by atomic mass is 9.89. The van der Waals surface area contributed by atoms with Crippen LogP contribution in [0.15, 0.2) is 53.5 Å². The van der Waals surface area contributed by atoms with Gasteiger partial charge in [0.05, 0.1) is 36.3 Å². The maximum Gasteiger partial charge on any atom is 0.265 e. The Morgan fingerprint density at radius 1 is 1.07 bits per heavy atom. The van der Waals surface area contributed by atoms with Crippen molar-refractivity contribution in [3.63, 3.8) is 0 Å². The topological polar surface area (TPSA) is 54.2 Å². The predicted molar refractivity (Wildman–Crippen MR) is 117 cm³/mol. The summed E-state index contributed by atoms with van der Waals surface area (Å²) in [6.07, 6.45) is 2.65. The molecule has 0 saturated carbocycles. The van der Waals surface area contributed by atoms with Crippen LogP contribution in [-0.2, 0) is 4.79 Å². The number of hydrogen-bond donors (Lipinski definition) is 1. The SMILES string of the molecule is CC[NH+](CC)CCCN=CC1C(=O)N(c2ccccc2Cl)C(=O)c2ccccc21. The number of nitrogens with one attached hydrogen (secondary N) is 1. The van der Waals surface area contributed by atoms with Crippen LogP contribution < -0.4 is 9.80 Å². The molecule has 5 nitrogen and oxygen atoms in total. The molecule has 1 aliphatic rings. The van der Waals surface area contributed by atoms with E-state index < -0.39 is 5.92 Å². The molecular weight excluding hydrogens is 386 g/mol. The highest BCUT2D eigenvalue weighted by Gasteiger charge is 2.39. The molecular formula is C23H27ClN3O2+. The molecule has 0 radical (unpaired) electrons. The molecule has 0 aliphatic carbocycles. The molecule has 3 rings (SSSR count). The number of rotatable bonds is 8. The average Bonchev–Trinajstić information content (AvgIpc) is 2.74. The number of aliphatic imine (C=N–C) groups is 1. The van der Waals surface area contributed by atoms with Crippen molar-refractivity contribution in [2.24, 2.45) is 4.99 Å². The quantitative estimate of drug-likeness (QED) is 0.411. The number of carbonyl (C=O) groups is 2. The van der Waals surface area contributed by atoms with Gasteiger partial charge in [0.2, 0.25) is 5.91 Å². The number of carbonyl (C=O) groups excluding carboxylic acids is 2. The van der Waals surface area contributed by atoms with Crippen molar-refractivity contribution in [1.82, 2.24) is 0 Å². The Labute approximate surface area is 177 Å². The lowest BCUT2D eigenvalue weighted by Gasteiger charge is -2.31. The first-order chi connectivity index (χ1) is 14.1. The predicted octanol–water partition coefficient (Wildman–Crippen LogP) is 3.00. The van der Waals surface area contributed by atoms with E-state index in [0.717, 1.165) is 26.1 Å². The number of benzene rings is 2. The van der Waals surface area contributed by atoms with Gasteiger partial charge in [-0.05, 0) is 37.6 Å². The highest BCUT2D eigenvalue weighted by atomic mass is 35.5. The first-order valence-corrected chi connectivity index (χ1v) is 10.5. The van der Waals surface area contributed by atoms with E-state index in [0.29, 0.717) is 28.4 Å². The van der Waals surface area contributed by atoms with Crippen LogP contribution in [0.4, 0.5) is 5.69 Å². The number of nitrogens with zero attached hydrogens (tertiary/aromatic N) is 2. The number of quaternary nitrogens is 1. The molecule has 1 heterocycles. The van der Waals surface area contributed by atoms with E-state index in [9.17, 15) is 9.59 Å². The Morgan fingerprint density at radius 2 is 1.76 bits per heavy atom. The standard InChI is InChI=1S/C23H26ClN3O2/c1-3-26(4-2)15-9-14-25-16-19-17-10-5-6-11-18(17)22(28)27(23(19)29)21-13-8-7-12-20(21)24/h5-8,10-13,16,19H,3-4,9,14-15H2,1-2H3/p+1. The second-order valence-electron chi connectivity index (χ2n) is 7.11. The van der Waals surface area contributed by atoms with Gasteiger partial charge in [-0.1, -0.05) is 41.9 Å². The molecule has 2 aromatic rings. The summed E-state index contributed by atoms with van der Waals surface area (Å²) in [4.78, 5) is 33.6. The molecule has 1 aliphatic heterocycles. The van der Waals surface area contributed by atoms with Crippen molar-refractivity contribution in [3.8, 4) is 0 Å². The Balaban J connectivity index is 1.85. The molecule has 0 fully saturated rings. The number of para-hydroxylation sites is 1. The third-order valence-electron chi connectivity index (χ3n) is 5.38. The van der Waals surface area contributed by atoms with E-state index in [1.807, 2.05) is 12.1 Å². The first kappa shape index (κ1) is 21.2. The molecule has 2 aromatic carbocycles. The van der Waals surface area contributed by atoms with Gasteiger partial charge in [-0.25, -0.2) is 4.90 Å². The van der Waals surface area contributed by atoms with Gasteiger partial charge in [-0.3, -0.25) is 14.6 Å². The molecule has 1 unspecified atom stereocenters. The highest BCUT2D eigenvalue weighted by molar-refractivity contribution is 6.37. The van der Waals surface area contributed by atoms with Crippen molar-refractivity contribution in [2.45, 2.75) is 26.2 Å². The van der Waals surface area contributed by atoms with Crippen molar-refractivity contribution >= 4 is 35.3 Å². The third-order valence-corrected chi connectivity index (χ3v) is 5.70. The van der Waals surface area contributed by atoms with Crippen LogP contribution in [0.5, 0.6) is 0 Å². The minimum absolute atomic E-state index is 0.320. The normalized spacial score (nSPS) is 16.7. The summed E-state index contributed by atoms with van der Waals surface area (Å²) in [5.74, 6) is -1.27. The number of hydrogen-bond acceptors (Lipinski definition) is 3. The summed E-state index contributed by atoms with van der Waals surface area (Å²) in [6.45, 7) is 8.28. The van der Waals surface area contributed by atoms with Crippen LogP contribution in [0, 0.1) is 0 Å². The second kappa shape index (κ2) is 9.81. The van der Waals surface area contributed by atoms with Gasteiger partial charge >= 0.3 is 0 Å². The zero-order valence-corrected chi connectivity index (χ0v) is 17.7. The molecule has 0 aromatic heterocycles. The molecule has 1 N–H and O–H groups in total. The van der Waals surface area contributed by atoms with E-state index in [2.05, 4.69) is 18.8 Å². The molecule has 0 spiro atoms. The number of fused-ring (bicyclic) bond motifs is 1. The number of halogens is 1. The van der Waals surface area contributed by atoms with E-state index in [4.69, 9.17) is 11.6 Å². The summed E-state index contributed by atoms with van der Waals surface area (Å²) in [5, 5.41) is 0.367. The largest absolute Gasteiger partial charge is 0.335 e. The minimum atomic E-state index is -0.596. The summed E-state index contributed by atoms with van der Waals surface area (Å²) >= 11 is 6.28. The van der Waals surface area contributed by atoms with Crippen molar-refractivity contribution in [3.05, 3.63) is 64.7 Å². The van der Waals surface area contributed by atoms with Crippen molar-refractivity contribution in [1.29, 1.82) is 0 Å². The fourth-order valence-corrected chi connectivity index (χ4v) is 3.88. The van der Waals surface area contributed by atoms with Crippen molar-refractivity contribution in [2.75, 3.05) is 31.1 Å². The maximum atomic E-state index is 13.3. The molecule has 2 amide bonds. The number of amides is 2. The zero-order valence-electron chi connectivity index (χ0n) is 16.9. The van der Waals surface area contributed by atoms with E-state index in [1.165, 1.54) is 9.80 Å². The van der Waals surface area contributed by atoms with Gasteiger partial charge in [0, 0.05) is 24.7 Å². The number of imide groups is 1. The van der Waals surface area contributed by atoms with E-state index >= 15 is 0 Å². The fraction of sp³-hybridized carbons (Fsp3) is 0.348. The van der Waals surface area contributed by atoms with Crippen molar-refractivity contribution < 1.29 is 14.5 Å². The maximum absolute atomic E-state index is 13.3. The van der Waals surface area contributed by atoms with Crippen LogP contribution in [0.2, 0.25) is 5.02 Å². The molecule has 29 heavy (non-hydrogen) atoms. The molecule has 152 valence electrons. The molecule has 0 saturated heterocycles. The summed E-state index contributed by atoms with van der Waals surface area (Å²) < 4.78 is 0. The molecule has 0 bridgehead atoms. The Morgan fingerprint density at radius 3 is 2.48 bits per heavy atom. The highest BCUT2D eigenvalue weighted by Crippen LogP contribution is 2.35. The minimum Gasteiger partial charge on any atom is -0.335 e. The van der Waals surface area contributed by atoms with Crippen LogP contribution in [0.25, 0.3) is 0 Å². The van der Waals surface area contributed by atoms with Gasteiger partial charge in [-0.2, -0.15) is 0 Å². The smallest absolute Gasteiger partial charge is 0.265 e. The molecule has 1 atom stereocenters. The summed E-state index contributed by atoms with van der Waals surface area (Å²) in [5.41, 5.74) is 1.61. The second-order valence-corrected chi connectivity index (χ2v) is 7.52.